The lowest BCUT2D eigenvalue weighted by Crippen LogP contribution is -2.26. The van der Waals surface area contributed by atoms with Crippen molar-refractivity contribution in [3.63, 3.8) is 0 Å². The lowest BCUT2D eigenvalue weighted by molar-refractivity contribution is 0.385. The molecule has 0 fully saturated rings. The number of nitrogens with zero attached hydrogens (tertiary/aromatic N) is 5. The number of halogens is 1. The number of hydrogen-bond acceptors (Lipinski definition) is 8. The molecule has 0 aliphatic carbocycles. The molecule has 1 N–H and O–H groups in total. The zero-order valence-electron chi connectivity index (χ0n) is 15.2. The van der Waals surface area contributed by atoms with Crippen LogP contribution in [-0.2, 0) is 16.6 Å². The second kappa shape index (κ2) is 7.79. The summed E-state index contributed by atoms with van der Waals surface area (Å²) in [5.41, 5.74) is 0. The molecule has 0 saturated carbocycles. The second-order valence-corrected chi connectivity index (χ2v) is 7.53. The first-order valence-electron chi connectivity index (χ1n) is 7.57. The molecule has 0 saturated heterocycles. The predicted molar refractivity (Wildman–Crippen MR) is 95.5 cm³/mol. The van der Waals surface area contributed by atoms with E-state index in [2.05, 4.69) is 19.7 Å². The number of sulfonamides is 1. The van der Waals surface area contributed by atoms with Crippen LogP contribution in [0.5, 0.6) is 5.75 Å². The van der Waals surface area contributed by atoms with Crippen LogP contribution in [0.25, 0.3) is 0 Å². The molecule has 9 nitrogen and oxygen atoms in total. The van der Waals surface area contributed by atoms with Crippen LogP contribution in [0.4, 0.5) is 16.3 Å². The molecule has 0 radical (unpaired) electrons. The van der Waals surface area contributed by atoms with Crippen molar-refractivity contribution in [1.29, 1.82) is 0 Å². The molecule has 1 heterocycles. The molecule has 2 rings (SSSR count). The number of rotatable bonds is 7. The molecule has 1 aromatic heterocycles. The van der Waals surface area contributed by atoms with E-state index >= 15 is 0 Å². The Morgan fingerprint density at radius 2 is 1.65 bits per heavy atom. The van der Waals surface area contributed by atoms with Gasteiger partial charge in [0.05, 0.1) is 18.6 Å². The molecule has 0 spiro atoms. The van der Waals surface area contributed by atoms with E-state index in [1.54, 1.807) is 38.0 Å². The van der Waals surface area contributed by atoms with Crippen molar-refractivity contribution in [1.82, 2.24) is 19.7 Å². The number of nitrogens with one attached hydrogen (secondary N) is 1. The van der Waals surface area contributed by atoms with E-state index in [9.17, 15) is 12.8 Å². The van der Waals surface area contributed by atoms with Crippen molar-refractivity contribution < 1.29 is 17.5 Å². The number of methoxy groups -OCH3 is 1. The van der Waals surface area contributed by atoms with Gasteiger partial charge in [-0.2, -0.15) is 15.0 Å². The van der Waals surface area contributed by atoms with Crippen LogP contribution in [0.2, 0.25) is 0 Å². The van der Waals surface area contributed by atoms with Crippen LogP contribution in [0, 0.1) is 5.82 Å². The Morgan fingerprint density at radius 3 is 2.12 bits per heavy atom. The fourth-order valence-corrected chi connectivity index (χ4v) is 2.92. The SMILES string of the molecule is COc1ccc(S(=O)(=O)NCc2nc(N(C)C)nc(N(C)C)n2)cc1F. The fourth-order valence-electron chi connectivity index (χ4n) is 1.93. The minimum absolute atomic E-state index is 0.0346. The van der Waals surface area contributed by atoms with Gasteiger partial charge in [0.2, 0.25) is 21.9 Å². The summed E-state index contributed by atoms with van der Waals surface area (Å²) in [6.07, 6.45) is 0. The highest BCUT2D eigenvalue weighted by atomic mass is 32.2. The molecule has 0 aliphatic heterocycles. The highest BCUT2D eigenvalue weighted by Crippen LogP contribution is 2.20. The molecule has 26 heavy (non-hydrogen) atoms. The van der Waals surface area contributed by atoms with Crippen molar-refractivity contribution >= 4 is 21.9 Å². The van der Waals surface area contributed by atoms with E-state index in [1.165, 1.54) is 19.2 Å². The van der Waals surface area contributed by atoms with Crippen LogP contribution in [-0.4, -0.2) is 58.7 Å². The lowest BCUT2D eigenvalue weighted by Gasteiger charge is -2.16. The number of benzene rings is 1. The number of ether oxygens (including phenoxy) is 1. The standard InChI is InChI=1S/C15H21FN6O3S/c1-21(2)14-18-13(19-15(20-14)22(3)4)9-17-26(23,24)10-6-7-12(25-5)11(16)8-10/h6-8,17H,9H2,1-5H3. The van der Waals surface area contributed by atoms with Crippen LogP contribution in [0.1, 0.15) is 5.82 Å². The van der Waals surface area contributed by atoms with Gasteiger partial charge < -0.3 is 14.5 Å². The smallest absolute Gasteiger partial charge is 0.241 e. The Hall–Kier alpha value is -2.53. The Kier molecular flexibility index (Phi) is 5.93. The summed E-state index contributed by atoms with van der Waals surface area (Å²) in [5.74, 6) is 0.236. The third kappa shape index (κ3) is 4.55. The zero-order chi connectivity index (χ0) is 19.5. The summed E-state index contributed by atoms with van der Waals surface area (Å²) >= 11 is 0. The first kappa shape index (κ1) is 19.8. The van der Waals surface area contributed by atoms with E-state index in [1.807, 2.05) is 0 Å². The Labute approximate surface area is 151 Å². The molecule has 1 aromatic carbocycles. The minimum atomic E-state index is -3.95. The fraction of sp³-hybridized carbons (Fsp3) is 0.400. The molecule has 142 valence electrons. The van der Waals surface area contributed by atoms with Gasteiger partial charge in [0.1, 0.15) is 0 Å². The monoisotopic (exact) mass is 384 g/mol. The quantitative estimate of drug-likeness (QED) is 0.742. The minimum Gasteiger partial charge on any atom is -0.494 e. The maximum absolute atomic E-state index is 13.8. The second-order valence-electron chi connectivity index (χ2n) is 5.76. The van der Waals surface area contributed by atoms with Crippen molar-refractivity contribution in [3.8, 4) is 5.75 Å². The van der Waals surface area contributed by atoms with E-state index in [-0.39, 0.29) is 23.0 Å². The lowest BCUT2D eigenvalue weighted by atomic mass is 10.3. The van der Waals surface area contributed by atoms with E-state index < -0.39 is 15.8 Å². The highest BCUT2D eigenvalue weighted by molar-refractivity contribution is 7.89. The molecular weight excluding hydrogens is 363 g/mol. The van der Waals surface area contributed by atoms with Crippen LogP contribution < -0.4 is 19.3 Å². The molecule has 0 unspecified atom stereocenters. The summed E-state index contributed by atoms with van der Waals surface area (Å²) in [6.45, 7) is -0.166. The number of aromatic nitrogens is 3. The Bertz CT molecular complexity index is 863. The average Bonchev–Trinajstić information content (AvgIpc) is 2.59. The maximum atomic E-state index is 13.8. The van der Waals surface area contributed by atoms with Crippen LogP contribution in [0.15, 0.2) is 23.1 Å². The van der Waals surface area contributed by atoms with Crippen LogP contribution >= 0.6 is 0 Å². The van der Waals surface area contributed by atoms with Crippen molar-refractivity contribution in [3.05, 3.63) is 29.8 Å². The molecule has 0 atom stereocenters. The van der Waals surface area contributed by atoms with Crippen LogP contribution in [0.3, 0.4) is 0 Å². The molecule has 0 aliphatic rings. The molecule has 11 heteroatoms. The van der Waals surface area contributed by atoms with E-state index in [0.717, 1.165) is 6.07 Å². The summed E-state index contributed by atoms with van der Waals surface area (Å²) in [6, 6.07) is 3.40. The number of anilines is 2. The van der Waals surface area contributed by atoms with E-state index in [0.29, 0.717) is 11.9 Å². The average molecular weight is 384 g/mol. The van der Waals surface area contributed by atoms with Crippen molar-refractivity contribution in [2.45, 2.75) is 11.4 Å². The number of hydrogen-bond donors (Lipinski definition) is 1. The summed E-state index contributed by atoms with van der Waals surface area (Å²) in [4.78, 5) is 15.8. The van der Waals surface area contributed by atoms with Gasteiger partial charge in [-0.05, 0) is 18.2 Å². The van der Waals surface area contributed by atoms with Gasteiger partial charge in [0, 0.05) is 28.2 Å². The summed E-state index contributed by atoms with van der Waals surface area (Å²) in [5, 5.41) is 0. The van der Waals surface area contributed by atoms with Gasteiger partial charge in [-0.25, -0.2) is 17.5 Å². The van der Waals surface area contributed by atoms with E-state index in [4.69, 9.17) is 4.74 Å². The summed E-state index contributed by atoms with van der Waals surface area (Å²) < 4.78 is 45.7. The van der Waals surface area contributed by atoms with Crippen molar-refractivity contribution in [2.75, 3.05) is 45.1 Å². The normalized spacial score (nSPS) is 11.3. The topological polar surface area (TPSA) is 101 Å². The predicted octanol–water partition coefficient (Wildman–Crippen LogP) is 0.630. The molecule has 2 aromatic rings. The molecule has 0 bridgehead atoms. The van der Waals surface area contributed by atoms with Gasteiger partial charge in [-0.1, -0.05) is 0 Å². The van der Waals surface area contributed by atoms with Gasteiger partial charge in [0.15, 0.2) is 17.4 Å². The maximum Gasteiger partial charge on any atom is 0.241 e. The Morgan fingerprint density at radius 1 is 1.08 bits per heavy atom. The molecular formula is C15H21FN6O3S. The van der Waals surface area contributed by atoms with Gasteiger partial charge in [0.25, 0.3) is 0 Å². The van der Waals surface area contributed by atoms with Gasteiger partial charge in [-0.15, -0.1) is 0 Å². The largest absolute Gasteiger partial charge is 0.494 e. The highest BCUT2D eigenvalue weighted by Gasteiger charge is 2.18. The molecule has 0 amide bonds. The summed E-state index contributed by atoms with van der Waals surface area (Å²) in [7, 11) is 4.42. The Balaban J connectivity index is 2.25. The van der Waals surface area contributed by atoms with Gasteiger partial charge in [-0.3, -0.25) is 0 Å². The van der Waals surface area contributed by atoms with Gasteiger partial charge >= 0.3 is 0 Å². The first-order chi connectivity index (χ1) is 12.1. The first-order valence-corrected chi connectivity index (χ1v) is 9.05. The van der Waals surface area contributed by atoms with Crippen molar-refractivity contribution in [2.24, 2.45) is 0 Å². The third-order valence-corrected chi connectivity index (χ3v) is 4.71. The third-order valence-electron chi connectivity index (χ3n) is 3.31. The zero-order valence-corrected chi connectivity index (χ0v) is 16.0.